The van der Waals surface area contributed by atoms with Crippen molar-refractivity contribution in [1.82, 2.24) is 19.8 Å². The standard InChI is InChI=1S/C21H26N4O3S/c26-18-12-16(15-8-11-29-14-15)22-21(23-18)17-6-3-5-10-25(17)20(28)13-24-9-4-1-2-7-19(24)27/h8,11-12,14,17H,1-7,9-10,13H2,(H,22,23,26). The number of likely N-dealkylation sites (tertiary alicyclic amines) is 2. The molecule has 2 amide bonds. The Labute approximate surface area is 173 Å². The monoisotopic (exact) mass is 414 g/mol. The average molecular weight is 415 g/mol. The van der Waals surface area contributed by atoms with Crippen molar-refractivity contribution in [1.29, 1.82) is 0 Å². The number of nitrogens with zero attached hydrogens (tertiary/aromatic N) is 3. The number of thiophene rings is 1. The molecule has 0 bridgehead atoms. The minimum atomic E-state index is -0.260. The number of piperidine rings is 1. The first-order valence-corrected chi connectivity index (χ1v) is 11.3. The van der Waals surface area contributed by atoms with Crippen LogP contribution in [0.4, 0.5) is 0 Å². The molecule has 0 radical (unpaired) electrons. The molecule has 1 atom stereocenters. The molecule has 1 N–H and O–H groups in total. The maximum Gasteiger partial charge on any atom is 0.251 e. The van der Waals surface area contributed by atoms with Gasteiger partial charge in [0.05, 0.1) is 18.3 Å². The van der Waals surface area contributed by atoms with Crippen LogP contribution in [0.15, 0.2) is 27.7 Å². The molecule has 4 rings (SSSR count). The summed E-state index contributed by atoms with van der Waals surface area (Å²) in [5.74, 6) is 0.540. The molecule has 2 fully saturated rings. The minimum Gasteiger partial charge on any atom is -0.333 e. The van der Waals surface area contributed by atoms with Crippen molar-refractivity contribution in [3.63, 3.8) is 0 Å². The summed E-state index contributed by atoms with van der Waals surface area (Å²) in [6.45, 7) is 1.38. The number of nitrogens with one attached hydrogen (secondary N) is 1. The van der Waals surface area contributed by atoms with Crippen LogP contribution in [0.25, 0.3) is 11.3 Å². The van der Waals surface area contributed by atoms with E-state index >= 15 is 0 Å². The number of carbonyl (C=O) groups is 2. The fraction of sp³-hybridized carbons (Fsp3) is 0.524. The molecular weight excluding hydrogens is 388 g/mol. The van der Waals surface area contributed by atoms with Crippen molar-refractivity contribution in [3.05, 3.63) is 39.1 Å². The van der Waals surface area contributed by atoms with E-state index in [0.29, 0.717) is 31.0 Å². The fourth-order valence-corrected chi connectivity index (χ4v) is 4.82. The molecule has 2 aliphatic rings. The highest BCUT2D eigenvalue weighted by Gasteiger charge is 2.32. The van der Waals surface area contributed by atoms with E-state index in [0.717, 1.165) is 44.1 Å². The van der Waals surface area contributed by atoms with Crippen LogP contribution in [0.2, 0.25) is 0 Å². The first kappa shape index (κ1) is 19.8. The Morgan fingerprint density at radius 2 is 2.03 bits per heavy atom. The van der Waals surface area contributed by atoms with Crippen LogP contribution in [0.1, 0.15) is 56.8 Å². The van der Waals surface area contributed by atoms with E-state index in [1.165, 1.54) is 6.07 Å². The molecule has 0 aliphatic carbocycles. The van der Waals surface area contributed by atoms with Gasteiger partial charge in [0.25, 0.3) is 5.56 Å². The Morgan fingerprint density at radius 1 is 1.17 bits per heavy atom. The van der Waals surface area contributed by atoms with Gasteiger partial charge in [0.2, 0.25) is 11.8 Å². The topological polar surface area (TPSA) is 86.4 Å². The lowest BCUT2D eigenvalue weighted by Crippen LogP contribution is -2.46. The number of hydrogen-bond acceptors (Lipinski definition) is 5. The second-order valence-corrected chi connectivity index (χ2v) is 8.53. The van der Waals surface area contributed by atoms with Gasteiger partial charge in [-0.15, -0.1) is 0 Å². The predicted molar refractivity (Wildman–Crippen MR) is 112 cm³/mol. The highest BCUT2D eigenvalue weighted by molar-refractivity contribution is 7.08. The molecule has 0 saturated carbocycles. The number of aromatic nitrogens is 2. The number of hydrogen-bond donors (Lipinski definition) is 1. The van der Waals surface area contributed by atoms with Crippen LogP contribution < -0.4 is 5.56 Å². The average Bonchev–Trinajstić information content (AvgIpc) is 3.19. The predicted octanol–water partition coefficient (Wildman–Crippen LogP) is 2.95. The Morgan fingerprint density at radius 3 is 2.86 bits per heavy atom. The van der Waals surface area contributed by atoms with E-state index in [-0.39, 0.29) is 30.0 Å². The summed E-state index contributed by atoms with van der Waals surface area (Å²) in [6, 6.07) is 3.17. The molecule has 0 spiro atoms. The summed E-state index contributed by atoms with van der Waals surface area (Å²) < 4.78 is 0. The highest BCUT2D eigenvalue weighted by atomic mass is 32.1. The highest BCUT2D eigenvalue weighted by Crippen LogP contribution is 2.30. The van der Waals surface area contributed by atoms with Gasteiger partial charge in [0, 0.05) is 36.5 Å². The maximum atomic E-state index is 13.1. The van der Waals surface area contributed by atoms with E-state index in [4.69, 9.17) is 0 Å². The van der Waals surface area contributed by atoms with Gasteiger partial charge in [-0.2, -0.15) is 11.3 Å². The second-order valence-electron chi connectivity index (χ2n) is 7.75. The van der Waals surface area contributed by atoms with Gasteiger partial charge in [0.1, 0.15) is 5.82 Å². The van der Waals surface area contributed by atoms with Crippen LogP contribution in [0, 0.1) is 0 Å². The molecule has 7 nitrogen and oxygen atoms in total. The van der Waals surface area contributed by atoms with Crippen LogP contribution in [-0.4, -0.2) is 51.2 Å². The van der Waals surface area contributed by atoms with Crippen molar-refractivity contribution in [3.8, 4) is 11.3 Å². The molecule has 2 saturated heterocycles. The van der Waals surface area contributed by atoms with E-state index in [1.807, 2.05) is 16.8 Å². The van der Waals surface area contributed by atoms with Crippen molar-refractivity contribution >= 4 is 23.2 Å². The van der Waals surface area contributed by atoms with Gasteiger partial charge in [-0.05, 0) is 43.6 Å². The van der Waals surface area contributed by atoms with E-state index in [2.05, 4.69) is 9.97 Å². The van der Waals surface area contributed by atoms with Crippen LogP contribution in [0.5, 0.6) is 0 Å². The summed E-state index contributed by atoms with van der Waals surface area (Å²) >= 11 is 1.55. The third-order valence-corrected chi connectivity index (χ3v) is 6.40. The van der Waals surface area contributed by atoms with Crippen LogP contribution in [-0.2, 0) is 9.59 Å². The molecule has 2 aromatic heterocycles. The summed E-state index contributed by atoms with van der Waals surface area (Å²) in [4.78, 5) is 48.7. The molecule has 154 valence electrons. The van der Waals surface area contributed by atoms with Gasteiger partial charge in [0.15, 0.2) is 0 Å². The van der Waals surface area contributed by atoms with E-state index < -0.39 is 0 Å². The third-order valence-electron chi connectivity index (χ3n) is 5.71. The Balaban J connectivity index is 1.57. The summed E-state index contributed by atoms with van der Waals surface area (Å²) in [7, 11) is 0. The Hall–Kier alpha value is -2.48. The number of carbonyl (C=O) groups excluding carboxylic acids is 2. The molecule has 1 unspecified atom stereocenters. The van der Waals surface area contributed by atoms with E-state index in [1.54, 1.807) is 21.1 Å². The molecule has 8 heteroatoms. The SMILES string of the molecule is O=C1CCCCCN1CC(=O)N1CCCCC1c1nc(-c2ccsc2)cc(=O)[nH]1. The van der Waals surface area contributed by atoms with Gasteiger partial charge in [-0.25, -0.2) is 4.98 Å². The number of rotatable bonds is 4. The molecule has 2 aliphatic heterocycles. The number of H-pyrrole nitrogens is 1. The zero-order chi connectivity index (χ0) is 20.2. The quantitative estimate of drug-likeness (QED) is 0.833. The minimum absolute atomic E-state index is 0.0615. The van der Waals surface area contributed by atoms with E-state index in [9.17, 15) is 14.4 Å². The van der Waals surface area contributed by atoms with Crippen molar-refractivity contribution < 1.29 is 9.59 Å². The fourth-order valence-electron chi connectivity index (χ4n) is 4.17. The Bertz CT molecular complexity index is 924. The summed E-state index contributed by atoms with van der Waals surface area (Å²) in [6.07, 6.45) is 6.05. The van der Waals surface area contributed by atoms with Crippen molar-refractivity contribution in [2.45, 2.75) is 51.0 Å². The molecule has 29 heavy (non-hydrogen) atoms. The van der Waals surface area contributed by atoms with Crippen LogP contribution >= 0.6 is 11.3 Å². The molecule has 0 aromatic carbocycles. The van der Waals surface area contributed by atoms with Crippen molar-refractivity contribution in [2.75, 3.05) is 19.6 Å². The smallest absolute Gasteiger partial charge is 0.251 e. The number of amides is 2. The summed E-state index contributed by atoms with van der Waals surface area (Å²) in [5, 5.41) is 3.91. The van der Waals surface area contributed by atoms with Gasteiger partial charge in [-0.1, -0.05) is 6.42 Å². The maximum absolute atomic E-state index is 13.1. The summed E-state index contributed by atoms with van der Waals surface area (Å²) in [5.41, 5.74) is 1.33. The molecular formula is C21H26N4O3S. The zero-order valence-electron chi connectivity index (χ0n) is 16.4. The van der Waals surface area contributed by atoms with Crippen LogP contribution in [0.3, 0.4) is 0 Å². The van der Waals surface area contributed by atoms with Gasteiger partial charge >= 0.3 is 0 Å². The van der Waals surface area contributed by atoms with Crippen molar-refractivity contribution in [2.24, 2.45) is 0 Å². The first-order chi connectivity index (χ1) is 14.1. The molecule has 2 aromatic rings. The molecule has 4 heterocycles. The zero-order valence-corrected chi connectivity index (χ0v) is 17.2. The number of aromatic amines is 1. The normalized spacial score (nSPS) is 20.6. The van der Waals surface area contributed by atoms with Gasteiger partial charge in [-0.3, -0.25) is 14.4 Å². The first-order valence-electron chi connectivity index (χ1n) is 10.3. The largest absolute Gasteiger partial charge is 0.333 e. The Kier molecular flexibility index (Phi) is 6.08. The second kappa shape index (κ2) is 8.90. The van der Waals surface area contributed by atoms with Gasteiger partial charge < -0.3 is 14.8 Å². The lowest BCUT2D eigenvalue weighted by molar-refractivity contribution is -0.142. The lowest BCUT2D eigenvalue weighted by atomic mass is 10.0. The lowest BCUT2D eigenvalue weighted by Gasteiger charge is -2.36. The third kappa shape index (κ3) is 4.58.